The Morgan fingerprint density at radius 2 is 1.65 bits per heavy atom. The van der Waals surface area contributed by atoms with Crippen LogP contribution in [-0.2, 0) is 11.3 Å². The number of ketones is 1. The van der Waals surface area contributed by atoms with E-state index in [1.54, 1.807) is 36.4 Å². The van der Waals surface area contributed by atoms with Crippen LogP contribution in [0.1, 0.15) is 44.5 Å². The zero-order valence-electron chi connectivity index (χ0n) is 16.9. The fourth-order valence-corrected chi connectivity index (χ4v) is 2.75. The van der Waals surface area contributed by atoms with E-state index in [1.807, 2.05) is 13.0 Å². The Kier molecular flexibility index (Phi) is 7.05. The predicted octanol–water partition coefficient (Wildman–Crippen LogP) is 2.95. The van der Waals surface area contributed by atoms with Crippen molar-refractivity contribution in [1.82, 2.24) is 9.78 Å². The molecule has 0 fully saturated rings. The van der Waals surface area contributed by atoms with Crippen molar-refractivity contribution < 1.29 is 19.1 Å². The van der Waals surface area contributed by atoms with E-state index >= 15 is 0 Å². The molecule has 0 saturated carbocycles. The number of ether oxygens (including phenoxy) is 1. The molecule has 0 aliphatic carbocycles. The lowest BCUT2D eigenvalue weighted by atomic mass is 10.1. The maximum absolute atomic E-state index is 12.3. The average molecular weight is 419 g/mol. The molecule has 1 N–H and O–H groups in total. The molecular weight excluding hydrogens is 398 g/mol. The Bertz CT molecular complexity index is 1140. The van der Waals surface area contributed by atoms with E-state index in [1.165, 1.54) is 28.9 Å². The van der Waals surface area contributed by atoms with Gasteiger partial charge >= 0.3 is 5.97 Å². The molecule has 31 heavy (non-hydrogen) atoms. The summed E-state index contributed by atoms with van der Waals surface area (Å²) in [4.78, 5) is 48.3. The maximum Gasteiger partial charge on any atom is 0.359 e. The van der Waals surface area contributed by atoms with Gasteiger partial charge in [0.1, 0.15) is 0 Å². The summed E-state index contributed by atoms with van der Waals surface area (Å²) in [5.41, 5.74) is 1.03. The Balaban J connectivity index is 1.57. The van der Waals surface area contributed by atoms with Crippen LogP contribution in [0.25, 0.3) is 0 Å². The summed E-state index contributed by atoms with van der Waals surface area (Å²) in [5, 5.41) is 6.70. The van der Waals surface area contributed by atoms with Gasteiger partial charge in [-0.2, -0.15) is 5.10 Å². The summed E-state index contributed by atoms with van der Waals surface area (Å²) in [7, 11) is 0. The molecule has 8 nitrogen and oxygen atoms in total. The second-order valence-corrected chi connectivity index (χ2v) is 6.68. The summed E-state index contributed by atoms with van der Waals surface area (Å²) < 4.78 is 6.22. The number of aromatic nitrogens is 2. The van der Waals surface area contributed by atoms with Gasteiger partial charge in [0.15, 0.2) is 18.1 Å². The molecule has 0 atom stereocenters. The fourth-order valence-electron chi connectivity index (χ4n) is 2.75. The molecule has 158 valence electrons. The van der Waals surface area contributed by atoms with Crippen LogP contribution in [0.5, 0.6) is 0 Å². The fraction of sp³-hybridized carbons (Fsp3) is 0.174. The van der Waals surface area contributed by atoms with Gasteiger partial charge in [-0.25, -0.2) is 9.48 Å². The monoisotopic (exact) mass is 419 g/mol. The van der Waals surface area contributed by atoms with Crippen molar-refractivity contribution in [1.29, 1.82) is 0 Å². The average Bonchev–Trinajstić information content (AvgIpc) is 2.80. The van der Waals surface area contributed by atoms with Crippen molar-refractivity contribution in [3.8, 4) is 0 Å². The number of rotatable bonds is 8. The number of benzene rings is 2. The highest BCUT2D eigenvalue weighted by atomic mass is 16.5. The number of amides is 1. The molecular formula is C23H21N3O5. The third kappa shape index (κ3) is 5.72. The molecule has 0 unspecified atom stereocenters. The third-order valence-electron chi connectivity index (χ3n) is 4.35. The van der Waals surface area contributed by atoms with Crippen LogP contribution < -0.4 is 10.9 Å². The first-order chi connectivity index (χ1) is 15.0. The standard InChI is InChI=1S/C23H21N3O5/c1-2-14-26-21(28)13-12-19(25-26)23(30)31-15-20(27)16-8-10-18(11-9-16)24-22(29)17-6-4-3-5-7-17/h3-13H,2,14-15H2,1H3,(H,24,29). The Labute approximate surface area is 178 Å². The number of aryl methyl sites for hydroxylation is 1. The third-order valence-corrected chi connectivity index (χ3v) is 4.35. The minimum Gasteiger partial charge on any atom is -0.453 e. The van der Waals surface area contributed by atoms with Crippen LogP contribution in [0.3, 0.4) is 0 Å². The normalized spacial score (nSPS) is 10.4. The Morgan fingerprint density at radius 3 is 2.32 bits per heavy atom. The summed E-state index contributed by atoms with van der Waals surface area (Å²) in [6.45, 7) is 1.80. The van der Waals surface area contributed by atoms with Crippen molar-refractivity contribution in [2.24, 2.45) is 0 Å². The number of hydrogen-bond donors (Lipinski definition) is 1. The van der Waals surface area contributed by atoms with E-state index in [-0.39, 0.29) is 17.2 Å². The first-order valence-corrected chi connectivity index (χ1v) is 9.73. The van der Waals surface area contributed by atoms with Gasteiger partial charge in [-0.3, -0.25) is 14.4 Å². The van der Waals surface area contributed by atoms with Gasteiger partial charge in [0.25, 0.3) is 11.5 Å². The zero-order valence-corrected chi connectivity index (χ0v) is 16.9. The molecule has 3 aromatic rings. The lowest BCUT2D eigenvalue weighted by Crippen LogP contribution is -2.25. The van der Waals surface area contributed by atoms with E-state index in [0.717, 1.165) is 0 Å². The summed E-state index contributed by atoms with van der Waals surface area (Å²) >= 11 is 0. The number of nitrogens with one attached hydrogen (secondary N) is 1. The molecule has 3 rings (SSSR count). The number of anilines is 1. The van der Waals surface area contributed by atoms with Crippen LogP contribution in [0, 0.1) is 0 Å². The molecule has 0 aliphatic heterocycles. The second kappa shape index (κ2) is 10.1. The highest BCUT2D eigenvalue weighted by molar-refractivity contribution is 6.04. The summed E-state index contributed by atoms with van der Waals surface area (Å²) in [6, 6.07) is 17.5. The number of carbonyl (C=O) groups is 3. The van der Waals surface area contributed by atoms with E-state index in [0.29, 0.717) is 29.8 Å². The minimum absolute atomic E-state index is 0.0418. The van der Waals surface area contributed by atoms with Gasteiger partial charge in [0.05, 0.1) is 0 Å². The first kappa shape index (κ1) is 21.6. The highest BCUT2D eigenvalue weighted by Crippen LogP contribution is 2.12. The number of Topliss-reactive ketones (excluding diaryl/α,β-unsaturated/α-hetero) is 1. The van der Waals surface area contributed by atoms with E-state index in [4.69, 9.17) is 4.74 Å². The molecule has 0 aliphatic rings. The smallest absolute Gasteiger partial charge is 0.359 e. The molecule has 0 saturated heterocycles. The lowest BCUT2D eigenvalue weighted by molar-refractivity contribution is 0.0466. The Hall–Kier alpha value is -4.07. The van der Waals surface area contributed by atoms with Gasteiger partial charge in [0.2, 0.25) is 0 Å². The van der Waals surface area contributed by atoms with Gasteiger partial charge in [-0.15, -0.1) is 0 Å². The van der Waals surface area contributed by atoms with E-state index in [9.17, 15) is 19.2 Å². The molecule has 0 spiro atoms. The van der Waals surface area contributed by atoms with Crippen LogP contribution >= 0.6 is 0 Å². The van der Waals surface area contributed by atoms with Gasteiger partial charge < -0.3 is 10.1 Å². The SMILES string of the molecule is CCCn1nc(C(=O)OCC(=O)c2ccc(NC(=O)c3ccccc3)cc2)ccc1=O. The van der Waals surface area contributed by atoms with Gasteiger partial charge in [0, 0.05) is 29.4 Å². The maximum atomic E-state index is 12.3. The van der Waals surface area contributed by atoms with Crippen molar-refractivity contribution in [2.45, 2.75) is 19.9 Å². The van der Waals surface area contributed by atoms with Crippen molar-refractivity contribution >= 4 is 23.3 Å². The number of nitrogens with zero attached hydrogens (tertiary/aromatic N) is 2. The van der Waals surface area contributed by atoms with Crippen molar-refractivity contribution in [2.75, 3.05) is 11.9 Å². The van der Waals surface area contributed by atoms with Crippen LogP contribution in [-0.4, -0.2) is 34.0 Å². The molecule has 2 aromatic carbocycles. The molecule has 0 radical (unpaired) electrons. The second-order valence-electron chi connectivity index (χ2n) is 6.68. The summed E-state index contributed by atoms with van der Waals surface area (Å²) in [5.74, 6) is -1.45. The van der Waals surface area contributed by atoms with Gasteiger partial charge in [-0.05, 0) is 48.9 Å². The molecule has 1 heterocycles. The summed E-state index contributed by atoms with van der Waals surface area (Å²) in [6.07, 6.45) is 0.686. The zero-order chi connectivity index (χ0) is 22.2. The van der Waals surface area contributed by atoms with Crippen LogP contribution in [0.15, 0.2) is 71.5 Å². The Morgan fingerprint density at radius 1 is 0.935 bits per heavy atom. The number of esters is 1. The van der Waals surface area contributed by atoms with Crippen molar-refractivity contribution in [3.05, 3.63) is 93.9 Å². The quantitative estimate of drug-likeness (QED) is 0.444. The van der Waals surface area contributed by atoms with E-state index in [2.05, 4.69) is 10.4 Å². The first-order valence-electron chi connectivity index (χ1n) is 9.73. The lowest BCUT2D eigenvalue weighted by Gasteiger charge is -2.08. The molecule has 1 aromatic heterocycles. The molecule has 8 heteroatoms. The number of carbonyl (C=O) groups excluding carboxylic acids is 3. The van der Waals surface area contributed by atoms with E-state index < -0.39 is 18.4 Å². The molecule has 0 bridgehead atoms. The van der Waals surface area contributed by atoms with Gasteiger partial charge in [-0.1, -0.05) is 25.1 Å². The highest BCUT2D eigenvalue weighted by Gasteiger charge is 2.15. The number of hydrogen-bond acceptors (Lipinski definition) is 6. The van der Waals surface area contributed by atoms with Crippen molar-refractivity contribution in [3.63, 3.8) is 0 Å². The van der Waals surface area contributed by atoms with Crippen LogP contribution in [0.2, 0.25) is 0 Å². The predicted molar refractivity (Wildman–Crippen MR) is 114 cm³/mol. The minimum atomic E-state index is -0.787. The van der Waals surface area contributed by atoms with Crippen LogP contribution in [0.4, 0.5) is 5.69 Å². The largest absolute Gasteiger partial charge is 0.453 e. The molecule has 1 amide bonds. The topological polar surface area (TPSA) is 107 Å².